The lowest BCUT2D eigenvalue weighted by molar-refractivity contribution is -0.277. The van der Waals surface area contributed by atoms with Gasteiger partial charge in [-0.15, -0.1) is 0 Å². The van der Waals surface area contributed by atoms with E-state index in [-0.39, 0.29) is 23.0 Å². The molecule has 2 heterocycles. The molecule has 0 aromatic heterocycles. The molecule has 10 atom stereocenters. The molecule has 2 saturated heterocycles. The van der Waals surface area contributed by atoms with Gasteiger partial charge in [-0.2, -0.15) is 0 Å². The Bertz CT molecular complexity index is 1170. The fourth-order valence-electron chi connectivity index (χ4n) is 4.29. The van der Waals surface area contributed by atoms with Crippen LogP contribution in [0.3, 0.4) is 0 Å². The molecule has 0 unspecified atom stereocenters. The van der Waals surface area contributed by atoms with Gasteiger partial charge in [0.15, 0.2) is 0 Å². The highest BCUT2D eigenvalue weighted by Gasteiger charge is 2.45. The van der Waals surface area contributed by atoms with E-state index in [0.717, 1.165) is 0 Å². The Hall–Kier alpha value is -3.02. The minimum absolute atomic E-state index is 0.0384. The third kappa shape index (κ3) is 6.47. The van der Waals surface area contributed by atoms with Crippen molar-refractivity contribution in [1.29, 1.82) is 0 Å². The summed E-state index contributed by atoms with van der Waals surface area (Å²) in [4.78, 5) is 0. The summed E-state index contributed by atoms with van der Waals surface area (Å²) in [7, 11) is 0. The van der Waals surface area contributed by atoms with E-state index >= 15 is 0 Å². The summed E-state index contributed by atoms with van der Waals surface area (Å²) in [6, 6.07) is 8.20. The molecule has 40 heavy (non-hydrogen) atoms. The van der Waals surface area contributed by atoms with Crippen LogP contribution >= 0.6 is 0 Å². The lowest BCUT2D eigenvalue weighted by atomic mass is 9.99. The predicted molar refractivity (Wildman–Crippen MR) is 134 cm³/mol. The van der Waals surface area contributed by atoms with Gasteiger partial charge in [0.25, 0.3) is 0 Å². The first-order valence-electron chi connectivity index (χ1n) is 12.3. The molecular weight excluding hydrogens is 536 g/mol. The van der Waals surface area contributed by atoms with Crippen molar-refractivity contribution in [3.8, 4) is 23.0 Å². The molecule has 14 nitrogen and oxygen atoms in total. The fraction of sp³-hybridized carbons (Fsp3) is 0.462. The van der Waals surface area contributed by atoms with Crippen molar-refractivity contribution in [3.05, 3.63) is 47.5 Å². The standard InChI is InChI=1S/C26H32O14/c27-9-17-19(31)21(33)23(35)25(39-17)37-14-4-3-12(16(30)8-14)2-1-11-5-13(29)7-15(6-11)38-26-24(36)22(34)20(32)18(10-28)40-26/h1-8,17-36H,9-10H2/b2-1+/t17-,18-,19-,20-,21+,22+,23-,24-,25-,26-/m0/s1. The molecule has 2 fully saturated rings. The Morgan fingerprint density at radius 2 is 1.18 bits per heavy atom. The molecular formula is C26H32O14. The van der Waals surface area contributed by atoms with E-state index in [1.807, 2.05) is 0 Å². The highest BCUT2D eigenvalue weighted by Crippen LogP contribution is 2.31. The van der Waals surface area contributed by atoms with Gasteiger partial charge in [-0.1, -0.05) is 12.2 Å². The maximum Gasteiger partial charge on any atom is 0.229 e. The summed E-state index contributed by atoms with van der Waals surface area (Å²) in [6.07, 6.45) is -11.8. The largest absolute Gasteiger partial charge is 0.508 e. The highest BCUT2D eigenvalue weighted by molar-refractivity contribution is 5.74. The number of aromatic hydroxyl groups is 2. The molecule has 14 heteroatoms. The number of hydrogen-bond acceptors (Lipinski definition) is 14. The van der Waals surface area contributed by atoms with Crippen LogP contribution in [-0.2, 0) is 9.47 Å². The number of hydrogen-bond donors (Lipinski definition) is 10. The second kappa shape index (κ2) is 12.7. The molecule has 0 aliphatic carbocycles. The SMILES string of the molecule is OC[C@@H]1O[C@H](Oc2cc(O)cc(/C=C/c3ccc(O[C@H]4O[C@@H](CO)[C@H](O)[C@@H](O)[C@@H]4O)cc3O)c2)[C@@H](O)[C@H](O)[C@H]1O. The molecule has 220 valence electrons. The summed E-state index contributed by atoms with van der Waals surface area (Å²) in [5.74, 6) is -0.353. The van der Waals surface area contributed by atoms with Crippen molar-refractivity contribution in [1.82, 2.24) is 0 Å². The summed E-state index contributed by atoms with van der Waals surface area (Å²) in [5.41, 5.74) is 0.724. The summed E-state index contributed by atoms with van der Waals surface area (Å²) in [5, 5.41) is 99.2. The normalized spacial score (nSPS) is 34.6. The first kappa shape index (κ1) is 30.0. The van der Waals surface area contributed by atoms with Gasteiger partial charge in [0.05, 0.1) is 13.2 Å². The van der Waals surface area contributed by atoms with Gasteiger partial charge < -0.3 is 70.0 Å². The van der Waals surface area contributed by atoms with Crippen LogP contribution in [0.4, 0.5) is 0 Å². The van der Waals surface area contributed by atoms with Crippen LogP contribution in [0.2, 0.25) is 0 Å². The molecule has 0 spiro atoms. The lowest BCUT2D eigenvalue weighted by Crippen LogP contribution is -2.60. The average molecular weight is 569 g/mol. The molecule has 4 rings (SSSR count). The van der Waals surface area contributed by atoms with Gasteiger partial charge >= 0.3 is 0 Å². The minimum Gasteiger partial charge on any atom is -0.508 e. The Morgan fingerprint density at radius 3 is 1.70 bits per heavy atom. The number of phenols is 2. The van der Waals surface area contributed by atoms with E-state index < -0.39 is 74.6 Å². The molecule has 0 bridgehead atoms. The zero-order valence-electron chi connectivity index (χ0n) is 20.9. The van der Waals surface area contributed by atoms with Crippen LogP contribution in [0.25, 0.3) is 12.2 Å². The van der Waals surface area contributed by atoms with Crippen LogP contribution in [0.5, 0.6) is 23.0 Å². The summed E-state index contributed by atoms with van der Waals surface area (Å²) in [6.45, 7) is -1.25. The van der Waals surface area contributed by atoms with Crippen molar-refractivity contribution in [2.24, 2.45) is 0 Å². The quantitative estimate of drug-likeness (QED) is 0.150. The molecule has 2 aromatic carbocycles. The predicted octanol–water partition coefficient (Wildman–Crippen LogP) is -2.37. The van der Waals surface area contributed by atoms with Crippen molar-refractivity contribution in [2.45, 2.75) is 61.4 Å². The molecule has 2 aliphatic rings. The van der Waals surface area contributed by atoms with Crippen molar-refractivity contribution >= 4 is 12.2 Å². The van der Waals surface area contributed by atoms with E-state index in [2.05, 4.69) is 0 Å². The Balaban J connectivity index is 1.45. The molecule has 0 saturated carbocycles. The monoisotopic (exact) mass is 568 g/mol. The van der Waals surface area contributed by atoms with E-state index in [1.54, 1.807) is 0 Å². The van der Waals surface area contributed by atoms with Gasteiger partial charge in [-0.05, 0) is 29.8 Å². The zero-order valence-corrected chi connectivity index (χ0v) is 20.9. The fourth-order valence-corrected chi connectivity index (χ4v) is 4.29. The number of phenolic OH excluding ortho intramolecular Hbond substituents is 2. The number of aliphatic hydroxyl groups is 8. The maximum atomic E-state index is 10.5. The van der Waals surface area contributed by atoms with Crippen LogP contribution < -0.4 is 9.47 Å². The van der Waals surface area contributed by atoms with Crippen LogP contribution in [0.1, 0.15) is 11.1 Å². The second-order valence-corrected chi connectivity index (χ2v) is 9.44. The minimum atomic E-state index is -1.64. The lowest BCUT2D eigenvalue weighted by Gasteiger charge is -2.39. The van der Waals surface area contributed by atoms with Crippen molar-refractivity contribution in [3.63, 3.8) is 0 Å². The maximum absolute atomic E-state index is 10.5. The average Bonchev–Trinajstić information content (AvgIpc) is 2.93. The van der Waals surface area contributed by atoms with Gasteiger partial charge in [0.1, 0.15) is 71.8 Å². The topological polar surface area (TPSA) is 239 Å². The Morgan fingerprint density at radius 1 is 0.625 bits per heavy atom. The van der Waals surface area contributed by atoms with Crippen LogP contribution in [0, 0.1) is 0 Å². The van der Waals surface area contributed by atoms with E-state index in [0.29, 0.717) is 11.1 Å². The Labute approximate surface area is 227 Å². The number of ether oxygens (including phenoxy) is 4. The first-order chi connectivity index (χ1) is 19.0. The first-order valence-corrected chi connectivity index (χ1v) is 12.3. The molecule has 0 radical (unpaired) electrons. The molecule has 2 aromatic rings. The number of rotatable bonds is 8. The molecule has 0 amide bonds. The summed E-state index contributed by atoms with van der Waals surface area (Å²) >= 11 is 0. The van der Waals surface area contributed by atoms with Crippen LogP contribution in [0.15, 0.2) is 36.4 Å². The third-order valence-electron chi connectivity index (χ3n) is 6.57. The number of aliphatic hydroxyl groups excluding tert-OH is 8. The number of benzene rings is 2. The van der Waals surface area contributed by atoms with E-state index in [4.69, 9.17) is 18.9 Å². The van der Waals surface area contributed by atoms with Gasteiger partial charge in [0, 0.05) is 17.7 Å². The van der Waals surface area contributed by atoms with Gasteiger partial charge in [0.2, 0.25) is 12.6 Å². The smallest absolute Gasteiger partial charge is 0.229 e. The highest BCUT2D eigenvalue weighted by atomic mass is 16.7. The van der Waals surface area contributed by atoms with Gasteiger partial charge in [-0.25, -0.2) is 0 Å². The Kier molecular flexibility index (Phi) is 9.48. The van der Waals surface area contributed by atoms with Gasteiger partial charge in [-0.3, -0.25) is 0 Å². The molecule has 10 N–H and O–H groups in total. The third-order valence-corrected chi connectivity index (χ3v) is 6.57. The molecule has 2 aliphatic heterocycles. The van der Waals surface area contributed by atoms with E-state index in [1.165, 1.54) is 48.6 Å². The zero-order chi connectivity index (χ0) is 29.1. The van der Waals surface area contributed by atoms with Crippen molar-refractivity contribution in [2.75, 3.05) is 13.2 Å². The summed E-state index contributed by atoms with van der Waals surface area (Å²) < 4.78 is 21.6. The second-order valence-electron chi connectivity index (χ2n) is 9.44. The van der Waals surface area contributed by atoms with Crippen molar-refractivity contribution < 1.29 is 70.0 Å². The van der Waals surface area contributed by atoms with E-state index in [9.17, 15) is 51.1 Å². The van der Waals surface area contributed by atoms with Crippen LogP contribution in [-0.4, -0.2) is 126 Å².